The van der Waals surface area contributed by atoms with E-state index in [4.69, 9.17) is 10.2 Å². The summed E-state index contributed by atoms with van der Waals surface area (Å²) in [5, 5.41) is 26.6. The van der Waals surface area contributed by atoms with Crippen molar-refractivity contribution in [3.63, 3.8) is 0 Å². The van der Waals surface area contributed by atoms with E-state index in [1.54, 1.807) is 0 Å². The molecule has 12 heavy (non-hydrogen) atoms. The van der Waals surface area contributed by atoms with Gasteiger partial charge in [-0.2, -0.15) is 0 Å². The molecule has 0 aromatic rings. The lowest BCUT2D eigenvalue weighted by Crippen LogP contribution is -2.45. The summed E-state index contributed by atoms with van der Waals surface area (Å²) >= 11 is 0. The molecule has 1 aliphatic rings. The Labute approximate surface area is 68.6 Å². The highest BCUT2D eigenvalue weighted by Gasteiger charge is 2.51. The number of rotatable bonds is 2. The summed E-state index contributed by atoms with van der Waals surface area (Å²) in [4.78, 5) is 21.0. The quantitative estimate of drug-likeness (QED) is 0.533. The van der Waals surface area contributed by atoms with Crippen LogP contribution in [0.5, 0.6) is 0 Å². The van der Waals surface area contributed by atoms with E-state index in [9.17, 15) is 14.7 Å². The summed E-state index contributed by atoms with van der Waals surface area (Å²) in [7, 11) is 0. The maximum atomic E-state index is 10.5. The molecular weight excluding hydrogens is 164 g/mol. The van der Waals surface area contributed by atoms with E-state index in [0.29, 0.717) is 6.42 Å². The Bertz CT molecular complexity index is 224. The molecule has 0 aliphatic heterocycles. The van der Waals surface area contributed by atoms with E-state index in [2.05, 4.69) is 0 Å². The van der Waals surface area contributed by atoms with Crippen LogP contribution < -0.4 is 0 Å². The molecule has 0 amide bonds. The van der Waals surface area contributed by atoms with E-state index >= 15 is 0 Å². The smallest absolute Gasteiger partial charge is 0.336 e. The van der Waals surface area contributed by atoms with Crippen LogP contribution in [0.15, 0.2) is 0 Å². The summed E-state index contributed by atoms with van der Waals surface area (Å²) in [6.07, 6.45) is 0.706. The summed E-state index contributed by atoms with van der Waals surface area (Å²) in [5.74, 6) is -3.83. The van der Waals surface area contributed by atoms with Gasteiger partial charge in [-0.3, -0.25) is 4.79 Å². The molecule has 5 nitrogen and oxygen atoms in total. The molecule has 2 atom stereocenters. The topological polar surface area (TPSA) is 94.8 Å². The third-order valence-electron chi connectivity index (χ3n) is 2.30. The number of aliphatic hydroxyl groups is 1. The molecule has 1 rings (SSSR count). The van der Waals surface area contributed by atoms with Crippen molar-refractivity contribution in [2.45, 2.75) is 24.9 Å². The van der Waals surface area contributed by atoms with Gasteiger partial charge in [0.25, 0.3) is 0 Å². The van der Waals surface area contributed by atoms with Crippen LogP contribution in [-0.2, 0) is 9.59 Å². The molecule has 0 spiro atoms. The lowest BCUT2D eigenvalue weighted by molar-refractivity contribution is -0.170. The summed E-state index contributed by atoms with van der Waals surface area (Å²) in [5.41, 5.74) is -2.05. The van der Waals surface area contributed by atoms with Gasteiger partial charge in [0.1, 0.15) is 0 Å². The minimum Gasteiger partial charge on any atom is -0.481 e. The van der Waals surface area contributed by atoms with Gasteiger partial charge >= 0.3 is 11.9 Å². The van der Waals surface area contributed by atoms with Gasteiger partial charge in [0, 0.05) is 0 Å². The fraction of sp³-hybridized carbons (Fsp3) is 0.714. The molecular formula is C7H10O5. The number of hydrogen-bond donors (Lipinski definition) is 3. The minimum atomic E-state index is -2.05. The number of aliphatic carboxylic acids is 2. The zero-order valence-corrected chi connectivity index (χ0v) is 6.36. The minimum absolute atomic E-state index is 0.0271. The average Bonchev–Trinajstić information content (AvgIpc) is 2.32. The molecule has 2 unspecified atom stereocenters. The molecule has 0 aromatic carbocycles. The van der Waals surface area contributed by atoms with Crippen molar-refractivity contribution in [1.29, 1.82) is 0 Å². The molecule has 0 aromatic heterocycles. The van der Waals surface area contributed by atoms with Crippen LogP contribution in [0.2, 0.25) is 0 Å². The van der Waals surface area contributed by atoms with Crippen LogP contribution in [0.4, 0.5) is 0 Å². The molecule has 0 bridgehead atoms. The molecule has 0 radical (unpaired) electrons. The second-order valence-electron chi connectivity index (χ2n) is 3.01. The Morgan fingerprint density at radius 2 is 1.92 bits per heavy atom. The third-order valence-corrected chi connectivity index (χ3v) is 2.30. The van der Waals surface area contributed by atoms with E-state index in [0.717, 1.165) is 0 Å². The molecule has 1 saturated carbocycles. The summed E-state index contributed by atoms with van der Waals surface area (Å²) in [6, 6.07) is 0. The van der Waals surface area contributed by atoms with Crippen LogP contribution in [0, 0.1) is 5.92 Å². The molecule has 68 valence electrons. The first-order valence-electron chi connectivity index (χ1n) is 3.67. The van der Waals surface area contributed by atoms with Gasteiger partial charge in [-0.05, 0) is 19.3 Å². The average molecular weight is 174 g/mol. The Balaban J connectivity index is 2.89. The molecule has 1 aliphatic carbocycles. The fourth-order valence-electron chi connectivity index (χ4n) is 1.57. The van der Waals surface area contributed by atoms with Gasteiger partial charge in [-0.15, -0.1) is 0 Å². The molecule has 5 heteroatoms. The summed E-state index contributed by atoms with van der Waals surface area (Å²) < 4.78 is 0. The van der Waals surface area contributed by atoms with Crippen molar-refractivity contribution in [3.05, 3.63) is 0 Å². The van der Waals surface area contributed by atoms with Gasteiger partial charge in [-0.25, -0.2) is 4.79 Å². The van der Waals surface area contributed by atoms with Gasteiger partial charge in [0.2, 0.25) is 0 Å². The standard InChI is InChI=1S/C7H10O5/c8-5(9)4-2-1-3-7(4,12)6(10)11/h4,12H,1-3H2,(H,8,9)(H,10,11). The number of carbonyl (C=O) groups is 2. The first-order chi connectivity index (χ1) is 5.48. The van der Waals surface area contributed by atoms with E-state index in [-0.39, 0.29) is 12.8 Å². The third kappa shape index (κ3) is 1.16. The van der Waals surface area contributed by atoms with Crippen molar-refractivity contribution in [1.82, 2.24) is 0 Å². The summed E-state index contributed by atoms with van der Waals surface area (Å²) in [6.45, 7) is 0. The normalized spacial score (nSPS) is 34.9. The molecule has 0 heterocycles. The van der Waals surface area contributed by atoms with Gasteiger partial charge in [0.15, 0.2) is 5.60 Å². The highest BCUT2D eigenvalue weighted by Crippen LogP contribution is 2.35. The molecule has 3 N–H and O–H groups in total. The maximum Gasteiger partial charge on any atom is 0.336 e. The van der Waals surface area contributed by atoms with E-state index in [1.165, 1.54) is 0 Å². The number of hydrogen-bond acceptors (Lipinski definition) is 3. The Morgan fingerprint density at radius 3 is 2.25 bits per heavy atom. The van der Waals surface area contributed by atoms with Gasteiger partial charge in [0.05, 0.1) is 5.92 Å². The van der Waals surface area contributed by atoms with E-state index in [1.807, 2.05) is 0 Å². The SMILES string of the molecule is O=C(O)C1CCCC1(O)C(=O)O. The highest BCUT2D eigenvalue weighted by molar-refractivity contribution is 5.86. The van der Waals surface area contributed by atoms with Crippen molar-refractivity contribution in [2.24, 2.45) is 5.92 Å². The van der Waals surface area contributed by atoms with Crippen molar-refractivity contribution in [2.75, 3.05) is 0 Å². The van der Waals surface area contributed by atoms with Crippen molar-refractivity contribution >= 4 is 11.9 Å². The van der Waals surface area contributed by atoms with Crippen molar-refractivity contribution in [3.8, 4) is 0 Å². The number of carboxylic acid groups (broad SMARTS) is 2. The maximum absolute atomic E-state index is 10.5. The molecule has 1 fully saturated rings. The van der Waals surface area contributed by atoms with E-state index < -0.39 is 23.5 Å². The largest absolute Gasteiger partial charge is 0.481 e. The van der Waals surface area contributed by atoms with Crippen LogP contribution in [0.3, 0.4) is 0 Å². The first-order valence-corrected chi connectivity index (χ1v) is 3.67. The Kier molecular flexibility index (Phi) is 2.06. The van der Waals surface area contributed by atoms with Crippen LogP contribution in [0.25, 0.3) is 0 Å². The second kappa shape index (κ2) is 2.75. The first kappa shape index (κ1) is 8.99. The van der Waals surface area contributed by atoms with Gasteiger partial charge < -0.3 is 15.3 Å². The van der Waals surface area contributed by atoms with Gasteiger partial charge in [-0.1, -0.05) is 0 Å². The predicted octanol–water partition coefficient (Wildman–Crippen LogP) is -0.313. The Morgan fingerprint density at radius 1 is 1.33 bits per heavy atom. The van der Waals surface area contributed by atoms with Crippen molar-refractivity contribution < 1.29 is 24.9 Å². The second-order valence-corrected chi connectivity index (χ2v) is 3.01. The number of carboxylic acids is 2. The zero-order valence-electron chi connectivity index (χ0n) is 6.36. The highest BCUT2D eigenvalue weighted by atomic mass is 16.4. The zero-order chi connectivity index (χ0) is 9.35. The molecule has 0 saturated heterocycles. The van der Waals surface area contributed by atoms with Crippen LogP contribution in [0.1, 0.15) is 19.3 Å². The van der Waals surface area contributed by atoms with Crippen LogP contribution in [-0.4, -0.2) is 32.9 Å². The lowest BCUT2D eigenvalue weighted by Gasteiger charge is -2.21. The monoisotopic (exact) mass is 174 g/mol. The lowest BCUT2D eigenvalue weighted by atomic mass is 9.91. The Hall–Kier alpha value is -1.10. The predicted molar refractivity (Wildman–Crippen MR) is 37.6 cm³/mol. The fourth-order valence-corrected chi connectivity index (χ4v) is 1.57. The van der Waals surface area contributed by atoms with Crippen LogP contribution >= 0.6 is 0 Å².